The smallest absolute Gasteiger partial charge is 0.259 e. The molecule has 0 heterocycles. The van der Waals surface area contributed by atoms with E-state index in [4.69, 9.17) is 18.9 Å². The number of benzene rings is 2. The standard InChI is InChI=1S/C22H26BrN3O6/c1-5-31-19-10-14(9-16(23)21(19)32-6-2)12-25-26-20(27)13-24-22(28)15-7-8-17(29-3)18(11-15)30-4/h7-12H,5-6,13H2,1-4H3,(H,24,28)(H,26,27)/b25-12+. The third-order valence-electron chi connectivity index (χ3n) is 4.08. The zero-order chi connectivity index (χ0) is 23.5. The maximum Gasteiger partial charge on any atom is 0.259 e. The van der Waals surface area contributed by atoms with E-state index in [9.17, 15) is 9.59 Å². The van der Waals surface area contributed by atoms with Crippen LogP contribution < -0.4 is 29.7 Å². The predicted octanol–water partition coefficient (Wildman–Crippen LogP) is 3.14. The van der Waals surface area contributed by atoms with Gasteiger partial charge in [0.1, 0.15) is 0 Å². The number of ether oxygens (including phenoxy) is 4. The molecule has 172 valence electrons. The number of carbonyl (C=O) groups is 2. The third-order valence-corrected chi connectivity index (χ3v) is 4.67. The average molecular weight is 508 g/mol. The molecule has 0 saturated heterocycles. The summed E-state index contributed by atoms with van der Waals surface area (Å²) in [6.45, 7) is 4.49. The molecule has 0 radical (unpaired) electrons. The number of hydrogen-bond acceptors (Lipinski definition) is 7. The molecular formula is C22H26BrN3O6. The van der Waals surface area contributed by atoms with Crippen molar-refractivity contribution in [3.63, 3.8) is 0 Å². The van der Waals surface area contributed by atoms with Crippen molar-refractivity contribution in [1.29, 1.82) is 0 Å². The van der Waals surface area contributed by atoms with Crippen LogP contribution in [-0.4, -0.2) is 52.0 Å². The molecule has 0 unspecified atom stereocenters. The minimum atomic E-state index is -0.481. The lowest BCUT2D eigenvalue weighted by Crippen LogP contribution is -2.34. The molecule has 9 nitrogen and oxygen atoms in total. The summed E-state index contributed by atoms with van der Waals surface area (Å²) < 4.78 is 22.2. The molecule has 0 bridgehead atoms. The zero-order valence-corrected chi connectivity index (χ0v) is 19.9. The molecule has 2 aromatic rings. The van der Waals surface area contributed by atoms with Crippen LogP contribution in [-0.2, 0) is 4.79 Å². The van der Waals surface area contributed by atoms with Crippen molar-refractivity contribution >= 4 is 34.0 Å². The summed E-state index contributed by atoms with van der Waals surface area (Å²) >= 11 is 3.45. The minimum absolute atomic E-state index is 0.248. The number of nitrogens with one attached hydrogen (secondary N) is 2. The monoisotopic (exact) mass is 507 g/mol. The fourth-order valence-corrected chi connectivity index (χ4v) is 3.24. The van der Waals surface area contributed by atoms with E-state index in [1.165, 1.54) is 26.5 Å². The average Bonchev–Trinajstić information content (AvgIpc) is 2.79. The van der Waals surface area contributed by atoms with E-state index in [1.807, 2.05) is 13.8 Å². The van der Waals surface area contributed by atoms with Crippen LogP contribution in [0.25, 0.3) is 0 Å². The Morgan fingerprint density at radius 3 is 2.38 bits per heavy atom. The van der Waals surface area contributed by atoms with Gasteiger partial charge in [0.2, 0.25) is 0 Å². The highest BCUT2D eigenvalue weighted by molar-refractivity contribution is 9.10. The van der Waals surface area contributed by atoms with Gasteiger partial charge < -0.3 is 24.3 Å². The van der Waals surface area contributed by atoms with Gasteiger partial charge in [-0.3, -0.25) is 9.59 Å². The van der Waals surface area contributed by atoms with Crippen molar-refractivity contribution in [3.8, 4) is 23.0 Å². The van der Waals surface area contributed by atoms with Gasteiger partial charge in [-0.05, 0) is 65.7 Å². The van der Waals surface area contributed by atoms with Gasteiger partial charge in [0.25, 0.3) is 11.8 Å². The lowest BCUT2D eigenvalue weighted by atomic mass is 10.2. The highest BCUT2D eigenvalue weighted by atomic mass is 79.9. The summed E-state index contributed by atoms with van der Waals surface area (Å²) in [6, 6.07) is 8.27. The lowest BCUT2D eigenvalue weighted by molar-refractivity contribution is -0.120. The quantitative estimate of drug-likeness (QED) is 0.357. The number of halogens is 1. The molecular weight excluding hydrogens is 482 g/mol. The number of hydrogen-bond donors (Lipinski definition) is 2. The Bertz CT molecular complexity index is 980. The Morgan fingerprint density at radius 2 is 1.72 bits per heavy atom. The third kappa shape index (κ3) is 6.88. The van der Waals surface area contributed by atoms with Gasteiger partial charge in [-0.1, -0.05) is 0 Å². The van der Waals surface area contributed by atoms with E-state index < -0.39 is 11.8 Å². The van der Waals surface area contributed by atoms with Gasteiger partial charge in [0.15, 0.2) is 23.0 Å². The van der Waals surface area contributed by atoms with Gasteiger partial charge in [-0.25, -0.2) is 5.43 Å². The van der Waals surface area contributed by atoms with Crippen LogP contribution in [0.1, 0.15) is 29.8 Å². The number of amides is 2. The zero-order valence-electron chi connectivity index (χ0n) is 18.4. The van der Waals surface area contributed by atoms with Gasteiger partial charge in [-0.15, -0.1) is 0 Å². The van der Waals surface area contributed by atoms with E-state index in [0.717, 1.165) is 0 Å². The van der Waals surface area contributed by atoms with E-state index in [-0.39, 0.29) is 6.54 Å². The van der Waals surface area contributed by atoms with Gasteiger partial charge in [0.05, 0.1) is 44.7 Å². The predicted molar refractivity (Wildman–Crippen MR) is 124 cm³/mol. The summed E-state index contributed by atoms with van der Waals surface area (Å²) in [7, 11) is 2.98. The Balaban J connectivity index is 1.94. The van der Waals surface area contributed by atoms with Crippen LogP contribution in [0.3, 0.4) is 0 Å². The summed E-state index contributed by atoms with van der Waals surface area (Å²) in [5.74, 6) is 1.19. The van der Waals surface area contributed by atoms with Crippen molar-refractivity contribution < 1.29 is 28.5 Å². The summed E-state index contributed by atoms with van der Waals surface area (Å²) in [4.78, 5) is 24.3. The van der Waals surface area contributed by atoms with Crippen molar-refractivity contribution in [2.24, 2.45) is 5.10 Å². The number of methoxy groups -OCH3 is 2. The molecule has 0 aliphatic rings. The van der Waals surface area contributed by atoms with Crippen molar-refractivity contribution in [2.75, 3.05) is 34.0 Å². The second-order valence-corrected chi connectivity index (χ2v) is 7.10. The summed E-state index contributed by atoms with van der Waals surface area (Å²) in [5.41, 5.74) is 3.40. The molecule has 2 rings (SSSR count). The molecule has 10 heteroatoms. The second-order valence-electron chi connectivity index (χ2n) is 6.24. The molecule has 0 fully saturated rings. The van der Waals surface area contributed by atoms with Crippen LogP contribution in [0.2, 0.25) is 0 Å². The van der Waals surface area contributed by atoms with E-state index >= 15 is 0 Å². The molecule has 2 aromatic carbocycles. The largest absolute Gasteiger partial charge is 0.493 e. The molecule has 32 heavy (non-hydrogen) atoms. The first-order chi connectivity index (χ1) is 15.4. The van der Waals surface area contributed by atoms with Crippen molar-refractivity contribution in [2.45, 2.75) is 13.8 Å². The van der Waals surface area contributed by atoms with Crippen molar-refractivity contribution in [1.82, 2.24) is 10.7 Å². The molecule has 2 amide bonds. The van der Waals surface area contributed by atoms with E-state index in [2.05, 4.69) is 31.8 Å². The van der Waals surface area contributed by atoms with Crippen LogP contribution in [0.4, 0.5) is 0 Å². The Kier molecular flexibility index (Phi) is 9.80. The van der Waals surface area contributed by atoms with Gasteiger partial charge >= 0.3 is 0 Å². The number of hydrazone groups is 1. The van der Waals surface area contributed by atoms with Crippen LogP contribution >= 0.6 is 15.9 Å². The molecule has 0 saturated carbocycles. The SMILES string of the molecule is CCOc1cc(/C=N/NC(=O)CNC(=O)c2ccc(OC)c(OC)c2)cc(Br)c1OCC. The van der Waals surface area contributed by atoms with Crippen LogP contribution in [0.15, 0.2) is 39.9 Å². The van der Waals surface area contributed by atoms with E-state index in [0.29, 0.717) is 51.8 Å². The second kappa shape index (κ2) is 12.6. The fourth-order valence-electron chi connectivity index (χ4n) is 2.67. The Morgan fingerprint density at radius 1 is 1.00 bits per heavy atom. The minimum Gasteiger partial charge on any atom is -0.493 e. The summed E-state index contributed by atoms with van der Waals surface area (Å²) in [6.07, 6.45) is 1.47. The molecule has 0 atom stereocenters. The summed E-state index contributed by atoms with van der Waals surface area (Å²) in [5, 5.41) is 6.46. The van der Waals surface area contributed by atoms with E-state index in [1.54, 1.807) is 24.3 Å². The first kappa shape index (κ1) is 25.0. The highest BCUT2D eigenvalue weighted by Gasteiger charge is 2.13. The Labute approximate surface area is 195 Å². The lowest BCUT2D eigenvalue weighted by Gasteiger charge is -2.13. The topological polar surface area (TPSA) is 107 Å². The first-order valence-corrected chi connectivity index (χ1v) is 10.6. The number of carbonyl (C=O) groups excluding carboxylic acids is 2. The highest BCUT2D eigenvalue weighted by Crippen LogP contribution is 2.36. The molecule has 0 spiro atoms. The fraction of sp³-hybridized carbons (Fsp3) is 0.318. The van der Waals surface area contributed by atoms with Crippen molar-refractivity contribution in [3.05, 3.63) is 45.9 Å². The molecule has 0 aliphatic carbocycles. The first-order valence-electron chi connectivity index (χ1n) is 9.84. The maximum atomic E-state index is 12.3. The van der Waals surface area contributed by atoms with Gasteiger partial charge in [0, 0.05) is 5.56 Å². The van der Waals surface area contributed by atoms with Crippen LogP contribution in [0, 0.1) is 0 Å². The number of rotatable bonds is 11. The molecule has 0 aromatic heterocycles. The van der Waals surface area contributed by atoms with Crippen LogP contribution in [0.5, 0.6) is 23.0 Å². The molecule has 0 aliphatic heterocycles. The van der Waals surface area contributed by atoms with Gasteiger partial charge in [-0.2, -0.15) is 5.10 Å². The number of nitrogens with zero attached hydrogens (tertiary/aromatic N) is 1. The maximum absolute atomic E-state index is 12.3. The molecule has 2 N–H and O–H groups in total. The normalized spacial score (nSPS) is 10.5. The Hall–Kier alpha value is -3.27.